The first kappa shape index (κ1) is 12.5. The fourth-order valence-electron chi connectivity index (χ4n) is 1.42. The molecular formula is C12H11BrN4O. The lowest BCUT2D eigenvalue weighted by Crippen LogP contribution is -2.15. The number of aromatic nitrogens is 2. The van der Waals surface area contributed by atoms with Gasteiger partial charge in [-0.25, -0.2) is 9.97 Å². The summed E-state index contributed by atoms with van der Waals surface area (Å²) in [6.45, 7) is 1.87. The first-order chi connectivity index (χ1) is 8.58. The van der Waals surface area contributed by atoms with Crippen molar-refractivity contribution in [1.29, 1.82) is 0 Å². The van der Waals surface area contributed by atoms with Gasteiger partial charge in [0.25, 0.3) is 5.91 Å². The highest BCUT2D eigenvalue weighted by atomic mass is 79.9. The number of nitrogens with two attached hydrogens (primary N) is 1. The fraction of sp³-hybridized carbons (Fsp3) is 0.0833. The van der Waals surface area contributed by atoms with Crippen LogP contribution in [-0.4, -0.2) is 15.9 Å². The van der Waals surface area contributed by atoms with Crippen molar-refractivity contribution in [1.82, 2.24) is 9.97 Å². The van der Waals surface area contributed by atoms with Crippen molar-refractivity contribution in [2.75, 3.05) is 11.1 Å². The van der Waals surface area contributed by atoms with Crippen molar-refractivity contribution < 1.29 is 4.79 Å². The van der Waals surface area contributed by atoms with Crippen molar-refractivity contribution in [3.05, 3.63) is 46.2 Å². The number of nitrogens with zero attached hydrogens (tertiary/aromatic N) is 2. The van der Waals surface area contributed by atoms with Crippen LogP contribution in [0, 0.1) is 6.92 Å². The highest BCUT2D eigenvalue weighted by Gasteiger charge is 2.12. The number of rotatable bonds is 2. The zero-order chi connectivity index (χ0) is 13.1. The summed E-state index contributed by atoms with van der Waals surface area (Å²) < 4.78 is 0.586. The lowest BCUT2D eigenvalue weighted by Gasteiger charge is -2.08. The number of carbonyl (C=O) groups excluding carboxylic acids is 1. The Labute approximate surface area is 113 Å². The first-order valence-corrected chi connectivity index (χ1v) is 6.01. The summed E-state index contributed by atoms with van der Waals surface area (Å²) in [4.78, 5) is 20.1. The van der Waals surface area contributed by atoms with Gasteiger partial charge in [0.15, 0.2) is 0 Å². The predicted molar refractivity (Wildman–Crippen MR) is 73.3 cm³/mol. The topological polar surface area (TPSA) is 80.9 Å². The summed E-state index contributed by atoms with van der Waals surface area (Å²) in [5.41, 5.74) is 6.88. The summed E-state index contributed by atoms with van der Waals surface area (Å²) in [6, 6.07) is 5.20. The molecule has 0 aliphatic rings. The van der Waals surface area contributed by atoms with Crippen molar-refractivity contribution in [2.45, 2.75) is 6.92 Å². The van der Waals surface area contributed by atoms with Gasteiger partial charge in [0.2, 0.25) is 0 Å². The molecule has 2 heterocycles. The molecule has 0 saturated heterocycles. The molecule has 3 N–H and O–H groups in total. The second kappa shape index (κ2) is 5.14. The van der Waals surface area contributed by atoms with Crippen molar-refractivity contribution in [2.24, 2.45) is 0 Å². The van der Waals surface area contributed by atoms with Crippen LogP contribution in [0.3, 0.4) is 0 Å². The van der Waals surface area contributed by atoms with Crippen molar-refractivity contribution in [3.8, 4) is 0 Å². The van der Waals surface area contributed by atoms with Crippen LogP contribution in [0.25, 0.3) is 0 Å². The maximum Gasteiger partial charge on any atom is 0.258 e. The molecule has 92 valence electrons. The molecule has 2 aromatic rings. The van der Waals surface area contributed by atoms with E-state index in [4.69, 9.17) is 5.73 Å². The van der Waals surface area contributed by atoms with Crippen LogP contribution in [0.5, 0.6) is 0 Å². The molecule has 6 heteroatoms. The molecule has 0 aliphatic carbocycles. The number of pyridine rings is 2. The van der Waals surface area contributed by atoms with Gasteiger partial charge in [-0.2, -0.15) is 0 Å². The number of hydrogen-bond acceptors (Lipinski definition) is 4. The highest BCUT2D eigenvalue weighted by Crippen LogP contribution is 2.19. The number of anilines is 2. The Hall–Kier alpha value is -1.95. The molecule has 0 radical (unpaired) electrons. The maximum atomic E-state index is 12.1. The molecule has 1 amide bonds. The third-order valence-electron chi connectivity index (χ3n) is 2.36. The molecule has 18 heavy (non-hydrogen) atoms. The van der Waals surface area contributed by atoms with Gasteiger partial charge in [0.1, 0.15) is 11.6 Å². The van der Waals surface area contributed by atoms with Crippen molar-refractivity contribution in [3.63, 3.8) is 0 Å². The third-order valence-corrected chi connectivity index (χ3v) is 2.99. The lowest BCUT2D eigenvalue weighted by molar-refractivity contribution is 0.102. The predicted octanol–water partition coefficient (Wildman–Crippen LogP) is 2.38. The normalized spacial score (nSPS) is 10.1. The van der Waals surface area contributed by atoms with Crippen molar-refractivity contribution >= 4 is 33.5 Å². The zero-order valence-corrected chi connectivity index (χ0v) is 11.2. The Balaban J connectivity index is 2.28. The molecule has 0 saturated carbocycles. The number of carbonyl (C=O) groups is 1. The van der Waals surface area contributed by atoms with E-state index in [9.17, 15) is 4.79 Å². The SMILES string of the molecule is Cc1cccnc1NC(=O)c1cc(N)ncc1Br. The van der Waals surface area contributed by atoms with Gasteiger partial charge in [0, 0.05) is 16.9 Å². The van der Waals surface area contributed by atoms with E-state index < -0.39 is 0 Å². The van der Waals surface area contributed by atoms with Gasteiger partial charge in [-0.1, -0.05) is 6.07 Å². The summed E-state index contributed by atoms with van der Waals surface area (Å²) in [6.07, 6.45) is 3.12. The second-order valence-electron chi connectivity index (χ2n) is 3.71. The molecule has 0 fully saturated rings. The number of aryl methyl sites for hydroxylation is 1. The largest absolute Gasteiger partial charge is 0.384 e. The van der Waals surface area contributed by atoms with Crippen LogP contribution >= 0.6 is 15.9 Å². The Morgan fingerprint density at radius 2 is 2.22 bits per heavy atom. The van der Waals surface area contributed by atoms with E-state index in [1.54, 1.807) is 6.20 Å². The summed E-state index contributed by atoms with van der Waals surface area (Å²) in [5.74, 6) is 0.545. The summed E-state index contributed by atoms with van der Waals surface area (Å²) >= 11 is 3.26. The lowest BCUT2D eigenvalue weighted by atomic mass is 10.2. The Morgan fingerprint density at radius 1 is 1.44 bits per heavy atom. The first-order valence-electron chi connectivity index (χ1n) is 5.22. The standard InChI is InChI=1S/C12H11BrN4O/c1-7-3-2-4-15-11(7)17-12(18)8-5-10(14)16-6-9(8)13/h2-6H,1H3,(H2,14,16)(H,15,17,18). The van der Waals surface area contributed by atoms with Crippen LogP contribution in [0.4, 0.5) is 11.6 Å². The van der Waals surface area contributed by atoms with Crippen LogP contribution in [0.15, 0.2) is 35.1 Å². The van der Waals surface area contributed by atoms with Gasteiger partial charge in [0.05, 0.1) is 5.56 Å². The van der Waals surface area contributed by atoms with E-state index >= 15 is 0 Å². The molecule has 2 aromatic heterocycles. The van der Waals surface area contributed by atoms with Crippen LogP contribution in [0.2, 0.25) is 0 Å². The molecule has 0 unspecified atom stereocenters. The Bertz CT molecular complexity index is 600. The van der Waals surface area contributed by atoms with Gasteiger partial charge in [-0.05, 0) is 40.5 Å². The Kier molecular flexibility index (Phi) is 3.57. The van der Waals surface area contributed by atoms with E-state index in [2.05, 4.69) is 31.2 Å². The van der Waals surface area contributed by atoms with E-state index in [0.29, 0.717) is 21.7 Å². The number of nitrogen functional groups attached to an aromatic ring is 1. The van der Waals surface area contributed by atoms with E-state index in [1.165, 1.54) is 12.3 Å². The summed E-state index contributed by atoms with van der Waals surface area (Å²) in [7, 11) is 0. The molecule has 0 atom stereocenters. The average Bonchev–Trinajstić information content (AvgIpc) is 2.35. The number of nitrogens with one attached hydrogen (secondary N) is 1. The number of halogens is 1. The maximum absolute atomic E-state index is 12.1. The quantitative estimate of drug-likeness (QED) is 0.892. The second-order valence-corrected chi connectivity index (χ2v) is 4.57. The number of amides is 1. The average molecular weight is 307 g/mol. The summed E-state index contributed by atoms with van der Waals surface area (Å²) in [5, 5.41) is 2.73. The zero-order valence-electron chi connectivity index (χ0n) is 9.64. The molecule has 5 nitrogen and oxygen atoms in total. The van der Waals surface area contributed by atoms with Crippen LogP contribution < -0.4 is 11.1 Å². The highest BCUT2D eigenvalue weighted by molar-refractivity contribution is 9.10. The molecule has 0 bridgehead atoms. The molecular weight excluding hydrogens is 296 g/mol. The molecule has 2 rings (SSSR count). The van der Waals surface area contributed by atoms with Gasteiger partial charge in [-0.3, -0.25) is 4.79 Å². The molecule has 0 aromatic carbocycles. The van der Waals surface area contributed by atoms with E-state index in [-0.39, 0.29) is 5.91 Å². The minimum atomic E-state index is -0.280. The van der Waals surface area contributed by atoms with Crippen LogP contribution in [-0.2, 0) is 0 Å². The minimum Gasteiger partial charge on any atom is -0.384 e. The smallest absolute Gasteiger partial charge is 0.258 e. The van der Waals surface area contributed by atoms with Gasteiger partial charge in [-0.15, -0.1) is 0 Å². The minimum absolute atomic E-state index is 0.280. The third kappa shape index (κ3) is 2.65. The monoisotopic (exact) mass is 306 g/mol. The Morgan fingerprint density at radius 3 is 2.94 bits per heavy atom. The van der Waals surface area contributed by atoms with E-state index in [1.807, 2.05) is 19.1 Å². The van der Waals surface area contributed by atoms with Gasteiger partial charge < -0.3 is 11.1 Å². The molecule has 0 spiro atoms. The number of hydrogen-bond donors (Lipinski definition) is 2. The fourth-order valence-corrected chi connectivity index (χ4v) is 1.82. The van der Waals surface area contributed by atoms with Gasteiger partial charge >= 0.3 is 0 Å². The molecule has 0 aliphatic heterocycles. The van der Waals surface area contributed by atoms with Crippen LogP contribution in [0.1, 0.15) is 15.9 Å². The van der Waals surface area contributed by atoms with E-state index in [0.717, 1.165) is 5.56 Å².